The van der Waals surface area contributed by atoms with Gasteiger partial charge in [0.2, 0.25) is 5.91 Å². The minimum atomic E-state index is -0.164. The van der Waals surface area contributed by atoms with Crippen LogP contribution in [0.3, 0.4) is 0 Å². The Morgan fingerprint density at radius 1 is 1.60 bits per heavy atom. The van der Waals surface area contributed by atoms with Gasteiger partial charge in [0.05, 0.1) is 5.92 Å². The SMILES string of the molecule is CC1C(=O)N(C(C)C)Cc2cc(Br)oc21. The molecule has 0 radical (unpaired) electrons. The highest BCUT2D eigenvalue weighted by Gasteiger charge is 2.34. The highest BCUT2D eigenvalue weighted by molar-refractivity contribution is 9.10. The van der Waals surface area contributed by atoms with Crippen LogP contribution in [-0.2, 0) is 11.3 Å². The summed E-state index contributed by atoms with van der Waals surface area (Å²) >= 11 is 3.30. The van der Waals surface area contributed by atoms with Gasteiger partial charge in [0.1, 0.15) is 5.76 Å². The van der Waals surface area contributed by atoms with Crippen molar-refractivity contribution in [3.05, 3.63) is 22.1 Å². The molecule has 0 saturated carbocycles. The molecule has 0 aliphatic carbocycles. The van der Waals surface area contributed by atoms with E-state index in [2.05, 4.69) is 15.9 Å². The third-order valence-electron chi connectivity index (χ3n) is 2.82. The molecule has 1 atom stereocenters. The average molecular weight is 272 g/mol. The van der Waals surface area contributed by atoms with E-state index in [1.165, 1.54) is 0 Å². The lowest BCUT2D eigenvalue weighted by atomic mass is 9.97. The molecule has 1 unspecified atom stereocenters. The zero-order valence-corrected chi connectivity index (χ0v) is 10.7. The standard InChI is InChI=1S/C11H14BrNO2/c1-6(2)13-5-8-4-9(12)15-10(8)7(3)11(13)14/h4,6-7H,5H2,1-3H3. The molecule has 0 N–H and O–H groups in total. The van der Waals surface area contributed by atoms with Gasteiger partial charge in [-0.05, 0) is 42.8 Å². The lowest BCUT2D eigenvalue weighted by molar-refractivity contribution is -0.136. The molecule has 1 aliphatic heterocycles. The van der Waals surface area contributed by atoms with Crippen LogP contribution in [0.2, 0.25) is 0 Å². The zero-order valence-electron chi connectivity index (χ0n) is 9.08. The quantitative estimate of drug-likeness (QED) is 0.787. The lowest BCUT2D eigenvalue weighted by Gasteiger charge is -2.32. The van der Waals surface area contributed by atoms with Crippen LogP contribution in [-0.4, -0.2) is 16.8 Å². The molecule has 2 rings (SSSR count). The molecule has 4 heteroatoms. The molecule has 0 aromatic carbocycles. The van der Waals surface area contributed by atoms with Gasteiger partial charge in [-0.15, -0.1) is 0 Å². The molecule has 2 heterocycles. The van der Waals surface area contributed by atoms with E-state index in [0.29, 0.717) is 11.2 Å². The van der Waals surface area contributed by atoms with E-state index in [1.807, 2.05) is 31.7 Å². The summed E-state index contributed by atoms with van der Waals surface area (Å²) < 4.78 is 6.19. The van der Waals surface area contributed by atoms with Crippen molar-refractivity contribution in [3.8, 4) is 0 Å². The molecule has 1 aliphatic rings. The second kappa shape index (κ2) is 3.67. The first-order chi connectivity index (χ1) is 7.00. The van der Waals surface area contributed by atoms with E-state index >= 15 is 0 Å². The topological polar surface area (TPSA) is 33.5 Å². The monoisotopic (exact) mass is 271 g/mol. The Morgan fingerprint density at radius 2 is 2.27 bits per heavy atom. The highest BCUT2D eigenvalue weighted by Crippen LogP contribution is 2.34. The van der Waals surface area contributed by atoms with E-state index < -0.39 is 0 Å². The van der Waals surface area contributed by atoms with Crippen molar-refractivity contribution in [2.24, 2.45) is 0 Å². The Bertz CT molecular complexity index is 397. The Hall–Kier alpha value is -0.770. The molecule has 82 valence electrons. The number of carbonyl (C=O) groups is 1. The fourth-order valence-electron chi connectivity index (χ4n) is 1.96. The summed E-state index contributed by atoms with van der Waals surface area (Å²) in [6.07, 6.45) is 0. The Kier molecular flexibility index (Phi) is 2.63. The molecule has 0 bridgehead atoms. The van der Waals surface area contributed by atoms with Crippen LogP contribution >= 0.6 is 15.9 Å². The maximum Gasteiger partial charge on any atom is 0.233 e. The van der Waals surface area contributed by atoms with Crippen LogP contribution in [0.5, 0.6) is 0 Å². The van der Waals surface area contributed by atoms with E-state index in [-0.39, 0.29) is 17.9 Å². The molecule has 15 heavy (non-hydrogen) atoms. The molecule has 3 nitrogen and oxygen atoms in total. The van der Waals surface area contributed by atoms with Gasteiger partial charge in [0.25, 0.3) is 0 Å². The number of furan rings is 1. The van der Waals surface area contributed by atoms with Crippen LogP contribution in [0.15, 0.2) is 15.2 Å². The van der Waals surface area contributed by atoms with Crippen molar-refractivity contribution in [1.82, 2.24) is 4.90 Å². The smallest absolute Gasteiger partial charge is 0.233 e. The largest absolute Gasteiger partial charge is 0.453 e. The number of carbonyl (C=O) groups excluding carboxylic acids is 1. The first-order valence-corrected chi connectivity index (χ1v) is 5.88. The highest BCUT2D eigenvalue weighted by atomic mass is 79.9. The molecular weight excluding hydrogens is 258 g/mol. The molecular formula is C11H14BrNO2. The zero-order chi connectivity index (χ0) is 11.2. The van der Waals surface area contributed by atoms with Gasteiger partial charge in [-0.2, -0.15) is 0 Å². The maximum atomic E-state index is 12.0. The summed E-state index contributed by atoms with van der Waals surface area (Å²) in [6.45, 7) is 6.62. The summed E-state index contributed by atoms with van der Waals surface area (Å²) in [5.41, 5.74) is 1.11. The summed E-state index contributed by atoms with van der Waals surface area (Å²) in [5, 5.41) is 0. The van der Waals surface area contributed by atoms with Crippen molar-refractivity contribution in [2.45, 2.75) is 39.3 Å². The second-order valence-corrected chi connectivity index (χ2v) is 5.00. The first-order valence-electron chi connectivity index (χ1n) is 5.09. The Balaban J connectivity index is 2.40. The molecule has 1 aromatic rings. The van der Waals surface area contributed by atoms with Gasteiger partial charge >= 0.3 is 0 Å². The Morgan fingerprint density at radius 3 is 2.87 bits per heavy atom. The molecule has 1 amide bonds. The molecule has 0 fully saturated rings. The molecule has 0 saturated heterocycles. The number of hydrogen-bond acceptors (Lipinski definition) is 2. The van der Waals surface area contributed by atoms with Crippen molar-refractivity contribution < 1.29 is 9.21 Å². The van der Waals surface area contributed by atoms with Gasteiger partial charge in [-0.25, -0.2) is 0 Å². The number of amides is 1. The number of fused-ring (bicyclic) bond motifs is 1. The summed E-state index contributed by atoms with van der Waals surface area (Å²) in [5.74, 6) is 0.797. The van der Waals surface area contributed by atoms with Gasteiger partial charge in [0.15, 0.2) is 4.67 Å². The van der Waals surface area contributed by atoms with Crippen LogP contribution in [0, 0.1) is 0 Å². The van der Waals surface area contributed by atoms with Crippen LogP contribution in [0.4, 0.5) is 0 Å². The van der Waals surface area contributed by atoms with Gasteiger partial charge in [-0.1, -0.05) is 0 Å². The predicted octanol–water partition coefficient (Wildman–Crippen LogP) is 2.90. The van der Waals surface area contributed by atoms with Crippen molar-refractivity contribution >= 4 is 21.8 Å². The number of rotatable bonds is 1. The maximum absolute atomic E-state index is 12.0. The Labute approximate surface area is 97.6 Å². The second-order valence-electron chi connectivity index (χ2n) is 4.22. The lowest BCUT2D eigenvalue weighted by Crippen LogP contribution is -2.42. The van der Waals surface area contributed by atoms with Crippen LogP contribution in [0.25, 0.3) is 0 Å². The van der Waals surface area contributed by atoms with Crippen LogP contribution < -0.4 is 0 Å². The van der Waals surface area contributed by atoms with Crippen LogP contribution in [0.1, 0.15) is 38.0 Å². The van der Waals surface area contributed by atoms with Crippen molar-refractivity contribution in [1.29, 1.82) is 0 Å². The first kappa shape index (κ1) is 10.7. The molecule has 0 spiro atoms. The fraction of sp³-hybridized carbons (Fsp3) is 0.545. The number of hydrogen-bond donors (Lipinski definition) is 0. The summed E-state index contributed by atoms with van der Waals surface area (Å²) in [6, 6.07) is 2.19. The van der Waals surface area contributed by atoms with Crippen molar-refractivity contribution in [3.63, 3.8) is 0 Å². The van der Waals surface area contributed by atoms with Gasteiger partial charge in [-0.3, -0.25) is 4.79 Å². The van der Waals surface area contributed by atoms with Gasteiger partial charge in [0, 0.05) is 18.2 Å². The average Bonchev–Trinajstić information content (AvgIpc) is 2.52. The minimum absolute atomic E-state index is 0.152. The van der Waals surface area contributed by atoms with E-state index in [1.54, 1.807) is 0 Å². The number of halogens is 1. The fourth-order valence-corrected chi connectivity index (χ4v) is 2.41. The minimum Gasteiger partial charge on any atom is -0.453 e. The third kappa shape index (κ3) is 1.71. The van der Waals surface area contributed by atoms with E-state index in [0.717, 1.165) is 11.3 Å². The van der Waals surface area contributed by atoms with E-state index in [9.17, 15) is 4.79 Å². The van der Waals surface area contributed by atoms with Gasteiger partial charge < -0.3 is 9.32 Å². The normalized spacial score (nSPS) is 21.0. The van der Waals surface area contributed by atoms with E-state index in [4.69, 9.17) is 4.42 Å². The summed E-state index contributed by atoms with van der Waals surface area (Å²) in [4.78, 5) is 13.9. The van der Waals surface area contributed by atoms with Crippen molar-refractivity contribution in [2.75, 3.05) is 0 Å². The predicted molar refractivity (Wildman–Crippen MR) is 60.5 cm³/mol. The summed E-state index contributed by atoms with van der Waals surface area (Å²) in [7, 11) is 0. The number of nitrogens with zero attached hydrogens (tertiary/aromatic N) is 1. The third-order valence-corrected chi connectivity index (χ3v) is 3.21. The molecule has 1 aromatic heterocycles.